The predicted molar refractivity (Wildman–Crippen MR) is 122 cm³/mol. The van der Waals surface area contributed by atoms with Crippen LogP contribution < -0.4 is 11.1 Å². The van der Waals surface area contributed by atoms with Crippen LogP contribution in [0.25, 0.3) is 0 Å². The first-order valence-electron chi connectivity index (χ1n) is 10.0. The average Bonchev–Trinajstić information content (AvgIpc) is 3.20. The largest absolute Gasteiger partial charge is 0.426 e. The van der Waals surface area contributed by atoms with E-state index in [0.29, 0.717) is 0 Å². The number of hydrogen-bond donors (Lipinski definition) is 2. The van der Waals surface area contributed by atoms with Crippen molar-refractivity contribution < 1.29 is 38.2 Å². The summed E-state index contributed by atoms with van der Waals surface area (Å²) in [5.74, 6) is -2.00. The highest BCUT2D eigenvalue weighted by Gasteiger charge is 2.58. The molecular weight excluding hydrogens is 490 g/mol. The maximum Gasteiger partial charge on any atom is 0.320 e. The number of nitrogen functional groups attached to an aromatic ring is 1. The smallest absolute Gasteiger partial charge is 0.320 e. The molecular formula is C19H25N5O8S2. The Morgan fingerprint density at radius 3 is 2.71 bits per heavy atom. The Hall–Kier alpha value is -2.91. The van der Waals surface area contributed by atoms with Gasteiger partial charge in [-0.25, -0.2) is 4.98 Å². The second-order valence-electron chi connectivity index (χ2n) is 7.61. The number of nitrogens with zero attached hydrogens (tertiary/aromatic N) is 3. The normalized spacial score (nSPS) is 25.0. The molecule has 2 amide bonds. The van der Waals surface area contributed by atoms with Gasteiger partial charge in [0.1, 0.15) is 29.6 Å². The molecule has 2 aliphatic rings. The molecule has 0 spiro atoms. The lowest BCUT2D eigenvalue weighted by atomic mass is 9.88. The van der Waals surface area contributed by atoms with Crippen LogP contribution in [0, 0.1) is 5.41 Å². The van der Waals surface area contributed by atoms with Crippen LogP contribution in [0.3, 0.4) is 0 Å². The van der Waals surface area contributed by atoms with E-state index in [-0.39, 0.29) is 41.3 Å². The molecule has 0 aliphatic carbocycles. The Kier molecular flexibility index (Phi) is 7.99. The fourth-order valence-electron chi connectivity index (χ4n) is 3.61. The molecule has 2 saturated heterocycles. The van der Waals surface area contributed by atoms with Gasteiger partial charge in [0.15, 0.2) is 10.8 Å². The number of nitrogens with one attached hydrogen (secondary N) is 1. The van der Waals surface area contributed by atoms with Crippen molar-refractivity contribution in [3.05, 3.63) is 11.1 Å². The number of anilines is 1. The van der Waals surface area contributed by atoms with Crippen molar-refractivity contribution in [3.8, 4) is 0 Å². The van der Waals surface area contributed by atoms with Crippen molar-refractivity contribution in [2.75, 3.05) is 38.9 Å². The van der Waals surface area contributed by atoms with Crippen molar-refractivity contribution in [2.45, 2.75) is 31.6 Å². The summed E-state index contributed by atoms with van der Waals surface area (Å²) in [6.45, 7) is 2.65. The first-order chi connectivity index (χ1) is 16.1. The Morgan fingerprint density at radius 1 is 1.38 bits per heavy atom. The molecule has 2 fully saturated rings. The van der Waals surface area contributed by atoms with Crippen LogP contribution in [0.2, 0.25) is 0 Å². The summed E-state index contributed by atoms with van der Waals surface area (Å²) in [7, 11) is 2.72. The number of amides is 2. The van der Waals surface area contributed by atoms with E-state index in [4.69, 9.17) is 24.8 Å². The van der Waals surface area contributed by atoms with E-state index < -0.39 is 41.0 Å². The molecule has 15 heteroatoms. The molecule has 3 rings (SSSR count). The van der Waals surface area contributed by atoms with Gasteiger partial charge in [-0.1, -0.05) is 5.16 Å². The number of ether oxygens (including phenoxy) is 3. The number of fused-ring (bicyclic) bond motifs is 1. The fraction of sp³-hybridized carbons (Fsp3) is 0.579. The minimum atomic E-state index is -1.16. The fourth-order valence-corrected chi connectivity index (χ4v) is 5.67. The summed E-state index contributed by atoms with van der Waals surface area (Å²) in [5.41, 5.74) is 4.59. The third kappa shape index (κ3) is 5.26. The number of hydrogen-bond acceptors (Lipinski definition) is 13. The van der Waals surface area contributed by atoms with Gasteiger partial charge in [0.2, 0.25) is 12.2 Å². The van der Waals surface area contributed by atoms with Crippen LogP contribution >= 0.6 is 23.1 Å². The van der Waals surface area contributed by atoms with Gasteiger partial charge in [-0.2, -0.15) is 0 Å². The molecule has 3 N–H and O–H groups in total. The lowest BCUT2D eigenvalue weighted by molar-refractivity contribution is -0.194. The van der Waals surface area contributed by atoms with Crippen LogP contribution in [-0.4, -0.2) is 90.2 Å². The van der Waals surface area contributed by atoms with Crippen molar-refractivity contribution in [2.24, 2.45) is 10.6 Å². The lowest BCUT2D eigenvalue weighted by Gasteiger charge is -2.53. The number of rotatable bonds is 9. The number of carbonyl (C=O) groups excluding carboxylic acids is 4. The number of β-lactam (4-membered cyclic amide) rings is 1. The van der Waals surface area contributed by atoms with Gasteiger partial charge in [0.25, 0.3) is 5.91 Å². The van der Waals surface area contributed by atoms with Crippen LogP contribution in [-0.2, 0) is 38.2 Å². The quantitative estimate of drug-likeness (QED) is 0.144. The van der Waals surface area contributed by atoms with E-state index in [1.165, 1.54) is 44.7 Å². The first-order valence-corrected chi connectivity index (χ1v) is 12.0. The zero-order chi connectivity index (χ0) is 25.0. The molecule has 0 saturated carbocycles. The van der Waals surface area contributed by atoms with Crippen LogP contribution in [0.4, 0.5) is 5.13 Å². The highest BCUT2D eigenvalue weighted by molar-refractivity contribution is 8.00. The van der Waals surface area contributed by atoms with Crippen molar-refractivity contribution in [3.63, 3.8) is 0 Å². The maximum atomic E-state index is 12.9. The van der Waals surface area contributed by atoms with Crippen molar-refractivity contribution in [1.82, 2.24) is 15.2 Å². The zero-order valence-electron chi connectivity index (χ0n) is 18.9. The molecule has 34 heavy (non-hydrogen) atoms. The van der Waals surface area contributed by atoms with Gasteiger partial charge in [-0.05, 0) is 0 Å². The molecule has 13 nitrogen and oxygen atoms in total. The zero-order valence-corrected chi connectivity index (χ0v) is 20.6. The third-order valence-corrected chi connectivity index (χ3v) is 7.31. The minimum absolute atomic E-state index is 0.00492. The average molecular weight is 516 g/mol. The molecule has 1 aromatic heterocycles. The van der Waals surface area contributed by atoms with E-state index in [1.807, 2.05) is 0 Å². The molecule has 4 atom stereocenters. The van der Waals surface area contributed by atoms with Crippen LogP contribution in [0.1, 0.15) is 19.5 Å². The summed E-state index contributed by atoms with van der Waals surface area (Å²) in [5, 5.41) is 7.78. The summed E-state index contributed by atoms with van der Waals surface area (Å²) < 4.78 is 15.4. The van der Waals surface area contributed by atoms with Crippen molar-refractivity contribution >= 4 is 57.7 Å². The molecule has 0 bridgehead atoms. The highest BCUT2D eigenvalue weighted by atomic mass is 32.2. The number of thiazole rings is 1. The number of carbonyl (C=O) groups is 4. The molecule has 0 radical (unpaired) electrons. The summed E-state index contributed by atoms with van der Waals surface area (Å²) >= 11 is 2.44. The SMILES string of the molecule is COCC1(C(=O)OC(C)OC(C)=O)CS[C@@H]2C(NC(=O)C(=NOC)c3csc(N)n3)C(=O)N2C1. The standard InChI is InChI=1S/C19H25N5O8S2/c1-9(25)31-10(2)32-17(28)19(7-29-3)6-24-15(27)13(16(24)34-8-19)22-14(26)12(23-30-4)11-5-33-18(20)21-11/h5,10,13,16H,6-8H2,1-4H3,(H2,20,21)(H,22,26)/t10?,13?,16-,19?/m1/s1. The molecule has 3 unspecified atom stereocenters. The highest BCUT2D eigenvalue weighted by Crippen LogP contribution is 2.43. The summed E-state index contributed by atoms with van der Waals surface area (Å²) in [6.07, 6.45) is -1.08. The maximum absolute atomic E-state index is 12.9. The Labute approximate surface area is 203 Å². The number of nitrogens with two attached hydrogens (primary N) is 1. The molecule has 3 heterocycles. The van der Waals surface area contributed by atoms with Gasteiger partial charge < -0.3 is 35.0 Å². The first kappa shape index (κ1) is 25.7. The Morgan fingerprint density at radius 2 is 2.12 bits per heavy atom. The Balaban J connectivity index is 1.68. The third-order valence-electron chi connectivity index (χ3n) is 5.05. The molecule has 0 aromatic carbocycles. The Bertz CT molecular complexity index is 1000. The van der Waals surface area contributed by atoms with E-state index in [0.717, 1.165) is 11.3 Å². The van der Waals surface area contributed by atoms with E-state index in [9.17, 15) is 19.2 Å². The monoisotopic (exact) mass is 515 g/mol. The second-order valence-corrected chi connectivity index (χ2v) is 9.60. The molecule has 1 aromatic rings. The van der Waals surface area contributed by atoms with Gasteiger partial charge >= 0.3 is 11.9 Å². The van der Waals surface area contributed by atoms with E-state index >= 15 is 0 Å². The lowest BCUT2D eigenvalue weighted by Crippen LogP contribution is -2.74. The van der Waals surface area contributed by atoms with E-state index in [1.54, 1.807) is 5.38 Å². The van der Waals surface area contributed by atoms with Crippen molar-refractivity contribution in [1.29, 1.82) is 0 Å². The summed E-state index contributed by atoms with van der Waals surface area (Å²) in [6, 6.07) is -0.827. The van der Waals surface area contributed by atoms with Crippen LogP contribution in [0.15, 0.2) is 10.5 Å². The van der Waals surface area contributed by atoms with Crippen LogP contribution in [0.5, 0.6) is 0 Å². The number of aromatic nitrogens is 1. The second kappa shape index (κ2) is 10.6. The predicted octanol–water partition coefficient (Wildman–Crippen LogP) is -0.439. The molecule has 186 valence electrons. The topological polar surface area (TPSA) is 172 Å². The van der Waals surface area contributed by atoms with Gasteiger partial charge in [-0.3, -0.25) is 19.2 Å². The molecule has 2 aliphatic heterocycles. The van der Waals surface area contributed by atoms with Gasteiger partial charge in [0, 0.05) is 38.6 Å². The number of thioether (sulfide) groups is 1. The summed E-state index contributed by atoms with van der Waals surface area (Å²) in [4.78, 5) is 59.9. The van der Waals surface area contributed by atoms with Gasteiger partial charge in [0.05, 0.1) is 6.61 Å². The number of esters is 2. The number of oxime groups is 1. The number of methoxy groups -OCH3 is 1. The van der Waals surface area contributed by atoms with E-state index in [2.05, 4.69) is 15.5 Å². The van der Waals surface area contributed by atoms with Gasteiger partial charge in [-0.15, -0.1) is 23.1 Å². The minimum Gasteiger partial charge on any atom is -0.426 e.